The number of nitrogens with one attached hydrogen (secondary N) is 1. The Kier molecular flexibility index (Phi) is 3.67. The van der Waals surface area contributed by atoms with Gasteiger partial charge in [-0.05, 0) is 31.9 Å². The smallest absolute Gasteiger partial charge is 0.121 e. The van der Waals surface area contributed by atoms with Crippen molar-refractivity contribution < 1.29 is 9.47 Å². The van der Waals surface area contributed by atoms with Crippen LogP contribution in [-0.2, 0) is 4.74 Å². The minimum Gasteiger partial charge on any atom is -0.494 e. The van der Waals surface area contributed by atoms with E-state index in [1.165, 1.54) is 0 Å². The first-order valence-corrected chi connectivity index (χ1v) is 5.84. The molecule has 1 fully saturated rings. The van der Waals surface area contributed by atoms with Gasteiger partial charge in [-0.1, -0.05) is 6.07 Å². The lowest BCUT2D eigenvalue weighted by atomic mass is 9.89. The summed E-state index contributed by atoms with van der Waals surface area (Å²) in [4.78, 5) is 0. The van der Waals surface area contributed by atoms with Crippen LogP contribution in [0.2, 0.25) is 0 Å². The van der Waals surface area contributed by atoms with Crippen LogP contribution in [0.1, 0.15) is 19.8 Å². The fourth-order valence-corrected chi connectivity index (χ4v) is 1.95. The molecule has 88 valence electrons. The van der Waals surface area contributed by atoms with Crippen LogP contribution in [0.15, 0.2) is 24.3 Å². The molecule has 3 heteroatoms. The van der Waals surface area contributed by atoms with Crippen LogP contribution in [-0.4, -0.2) is 25.9 Å². The monoisotopic (exact) mass is 221 g/mol. The molecule has 0 amide bonds. The second-order valence-electron chi connectivity index (χ2n) is 4.13. The first kappa shape index (κ1) is 11.3. The van der Waals surface area contributed by atoms with E-state index in [2.05, 4.69) is 11.4 Å². The molecule has 1 saturated carbocycles. The number of anilines is 1. The molecule has 1 aromatic carbocycles. The van der Waals surface area contributed by atoms with E-state index in [1.807, 2.05) is 25.1 Å². The first-order chi connectivity index (χ1) is 7.81. The summed E-state index contributed by atoms with van der Waals surface area (Å²) in [6.07, 6.45) is 2.62. The van der Waals surface area contributed by atoms with Crippen molar-refractivity contribution in [3.8, 4) is 5.75 Å². The van der Waals surface area contributed by atoms with Crippen molar-refractivity contribution in [1.82, 2.24) is 0 Å². The third kappa shape index (κ3) is 2.67. The van der Waals surface area contributed by atoms with Crippen LogP contribution in [0, 0.1) is 0 Å². The fourth-order valence-electron chi connectivity index (χ4n) is 1.95. The molecule has 0 aromatic heterocycles. The van der Waals surface area contributed by atoms with Crippen molar-refractivity contribution in [2.24, 2.45) is 0 Å². The van der Waals surface area contributed by atoms with Crippen molar-refractivity contribution in [2.75, 3.05) is 19.0 Å². The van der Waals surface area contributed by atoms with Crippen LogP contribution < -0.4 is 10.1 Å². The van der Waals surface area contributed by atoms with Crippen molar-refractivity contribution in [3.05, 3.63) is 24.3 Å². The molecule has 0 spiro atoms. The maximum absolute atomic E-state index is 5.46. The molecule has 1 aromatic rings. The van der Waals surface area contributed by atoms with Crippen LogP contribution in [0.3, 0.4) is 0 Å². The van der Waals surface area contributed by atoms with E-state index < -0.39 is 0 Å². The molecule has 0 saturated heterocycles. The van der Waals surface area contributed by atoms with E-state index >= 15 is 0 Å². The zero-order chi connectivity index (χ0) is 11.4. The minimum atomic E-state index is 0.438. The van der Waals surface area contributed by atoms with Crippen molar-refractivity contribution in [3.63, 3.8) is 0 Å². The van der Waals surface area contributed by atoms with Crippen molar-refractivity contribution >= 4 is 5.69 Å². The van der Waals surface area contributed by atoms with Gasteiger partial charge in [0.05, 0.1) is 12.7 Å². The van der Waals surface area contributed by atoms with Crippen LogP contribution in [0.25, 0.3) is 0 Å². The van der Waals surface area contributed by atoms with Gasteiger partial charge in [-0.3, -0.25) is 0 Å². The van der Waals surface area contributed by atoms with Crippen LogP contribution in [0.4, 0.5) is 5.69 Å². The number of ether oxygens (including phenoxy) is 2. The summed E-state index contributed by atoms with van der Waals surface area (Å²) in [6, 6.07) is 8.65. The number of methoxy groups -OCH3 is 1. The molecule has 16 heavy (non-hydrogen) atoms. The Balaban J connectivity index is 1.87. The van der Waals surface area contributed by atoms with Gasteiger partial charge >= 0.3 is 0 Å². The summed E-state index contributed by atoms with van der Waals surface area (Å²) < 4.78 is 10.7. The first-order valence-electron chi connectivity index (χ1n) is 5.84. The predicted octanol–water partition coefficient (Wildman–Crippen LogP) is 2.67. The second kappa shape index (κ2) is 5.21. The highest BCUT2D eigenvalue weighted by Gasteiger charge is 2.28. The largest absolute Gasteiger partial charge is 0.494 e. The molecular formula is C13H19NO2. The lowest BCUT2D eigenvalue weighted by Gasteiger charge is -2.35. The Bertz CT molecular complexity index is 334. The predicted molar refractivity (Wildman–Crippen MR) is 65.1 cm³/mol. The number of hydrogen-bond acceptors (Lipinski definition) is 3. The average molecular weight is 221 g/mol. The van der Waals surface area contributed by atoms with E-state index in [1.54, 1.807) is 7.11 Å². The molecule has 0 atom stereocenters. The van der Waals surface area contributed by atoms with Gasteiger partial charge in [-0.25, -0.2) is 0 Å². The summed E-state index contributed by atoms with van der Waals surface area (Å²) in [6.45, 7) is 2.70. The molecule has 0 heterocycles. The molecule has 2 rings (SSSR count). The highest BCUT2D eigenvalue weighted by molar-refractivity contribution is 5.49. The summed E-state index contributed by atoms with van der Waals surface area (Å²) >= 11 is 0. The van der Waals surface area contributed by atoms with Gasteiger partial charge in [-0.15, -0.1) is 0 Å². The number of rotatable bonds is 5. The highest BCUT2D eigenvalue weighted by Crippen LogP contribution is 2.27. The summed E-state index contributed by atoms with van der Waals surface area (Å²) in [5.41, 5.74) is 1.13. The summed E-state index contributed by atoms with van der Waals surface area (Å²) in [5.74, 6) is 0.926. The third-order valence-corrected chi connectivity index (χ3v) is 2.94. The minimum absolute atomic E-state index is 0.438. The maximum Gasteiger partial charge on any atom is 0.121 e. The van der Waals surface area contributed by atoms with E-state index in [9.17, 15) is 0 Å². The molecule has 1 N–H and O–H groups in total. The third-order valence-electron chi connectivity index (χ3n) is 2.94. The molecule has 0 bridgehead atoms. The lowest BCUT2D eigenvalue weighted by Crippen LogP contribution is -2.40. The quantitative estimate of drug-likeness (QED) is 0.829. The van der Waals surface area contributed by atoms with Gasteiger partial charge in [0.1, 0.15) is 5.75 Å². The van der Waals surface area contributed by atoms with Crippen molar-refractivity contribution in [1.29, 1.82) is 0 Å². The normalized spacial score (nSPS) is 23.6. The molecule has 3 nitrogen and oxygen atoms in total. The lowest BCUT2D eigenvalue weighted by molar-refractivity contribution is 0.0329. The standard InChI is InChI=1S/C13H19NO2/c1-3-16-12-6-4-5-10(7-12)14-11-8-13(9-11)15-2/h4-7,11,13-14H,3,8-9H2,1-2H3. The summed E-state index contributed by atoms with van der Waals surface area (Å²) in [7, 11) is 1.77. The number of benzene rings is 1. The fraction of sp³-hybridized carbons (Fsp3) is 0.538. The van der Waals surface area contributed by atoms with E-state index in [4.69, 9.17) is 9.47 Å². The van der Waals surface area contributed by atoms with E-state index in [0.717, 1.165) is 24.3 Å². The average Bonchev–Trinajstić information content (AvgIpc) is 2.24. The van der Waals surface area contributed by atoms with Gasteiger partial charge < -0.3 is 14.8 Å². The topological polar surface area (TPSA) is 30.5 Å². The van der Waals surface area contributed by atoms with Gasteiger partial charge in [-0.2, -0.15) is 0 Å². The Morgan fingerprint density at radius 1 is 1.38 bits per heavy atom. The molecular weight excluding hydrogens is 202 g/mol. The van der Waals surface area contributed by atoms with E-state index in [0.29, 0.717) is 18.8 Å². The Morgan fingerprint density at radius 3 is 2.88 bits per heavy atom. The molecule has 0 radical (unpaired) electrons. The molecule has 1 aliphatic rings. The number of hydrogen-bond donors (Lipinski definition) is 1. The maximum atomic E-state index is 5.46. The molecule has 1 aliphatic carbocycles. The zero-order valence-electron chi connectivity index (χ0n) is 9.90. The van der Waals surface area contributed by atoms with Gasteiger partial charge in [0.2, 0.25) is 0 Å². The second-order valence-corrected chi connectivity index (χ2v) is 4.13. The Hall–Kier alpha value is -1.22. The zero-order valence-corrected chi connectivity index (χ0v) is 9.90. The van der Waals surface area contributed by atoms with Gasteiger partial charge in [0, 0.05) is 24.9 Å². The van der Waals surface area contributed by atoms with Gasteiger partial charge in [0.15, 0.2) is 0 Å². The molecule has 0 aliphatic heterocycles. The van der Waals surface area contributed by atoms with Crippen LogP contribution in [0.5, 0.6) is 5.75 Å². The summed E-state index contributed by atoms with van der Waals surface area (Å²) in [5, 5.41) is 3.48. The highest BCUT2D eigenvalue weighted by atomic mass is 16.5. The SMILES string of the molecule is CCOc1cccc(NC2CC(OC)C2)c1. The van der Waals surface area contributed by atoms with Crippen LogP contribution >= 0.6 is 0 Å². The Morgan fingerprint density at radius 2 is 2.19 bits per heavy atom. The molecule has 0 unspecified atom stereocenters. The van der Waals surface area contributed by atoms with E-state index in [-0.39, 0.29) is 0 Å². The van der Waals surface area contributed by atoms with Crippen molar-refractivity contribution in [2.45, 2.75) is 31.9 Å². The Labute approximate surface area is 96.8 Å². The van der Waals surface area contributed by atoms with Gasteiger partial charge in [0.25, 0.3) is 0 Å².